The Hall–Kier alpha value is -4.90. The van der Waals surface area contributed by atoms with Crippen molar-refractivity contribution in [2.75, 3.05) is 68.1 Å². The topological polar surface area (TPSA) is 500 Å². The summed E-state index contributed by atoms with van der Waals surface area (Å²) >= 11 is 3.59. The van der Waals surface area contributed by atoms with Gasteiger partial charge in [-0.3, -0.25) is 51.7 Å². The lowest BCUT2D eigenvalue weighted by Gasteiger charge is -2.30. The Bertz CT molecular complexity index is 2720. The predicted molar refractivity (Wildman–Crippen MR) is 269 cm³/mol. The first-order chi connectivity index (χ1) is 36.0. The fourth-order valence-electron chi connectivity index (χ4n) is 6.55. The number of halogens is 1. The van der Waals surface area contributed by atoms with Gasteiger partial charge in [-0.25, -0.2) is 28.6 Å². The Labute approximate surface area is 449 Å². The molecule has 1 saturated heterocycles. The number of nitrogens with one attached hydrogen (secondary N) is 6. The molecule has 0 radical (unpaired) electrons. The maximum atomic E-state index is 12.8. The summed E-state index contributed by atoms with van der Waals surface area (Å²) in [6.07, 6.45) is -7.09. The highest BCUT2D eigenvalue weighted by Crippen LogP contribution is 2.61. The zero-order valence-electron chi connectivity index (χ0n) is 40.7. The molecule has 77 heavy (non-hydrogen) atoms. The third-order valence-electron chi connectivity index (χ3n) is 10.5. The van der Waals surface area contributed by atoms with Gasteiger partial charge in [0.25, 0.3) is 5.12 Å². The largest absolute Gasteiger partial charge is 0.481 e. The fraction of sp³-hybridized carbons (Fsp3) is 0.538. The van der Waals surface area contributed by atoms with E-state index in [1.807, 2.05) is 0 Å². The lowest BCUT2D eigenvalue weighted by molar-refractivity contribution is -0.137. The van der Waals surface area contributed by atoms with E-state index < -0.39 is 120 Å². The number of carbonyl (C=O) groups is 7. The van der Waals surface area contributed by atoms with Crippen LogP contribution in [-0.2, 0) is 76.3 Å². The second-order valence-electron chi connectivity index (χ2n) is 16.9. The van der Waals surface area contributed by atoms with E-state index in [2.05, 4.69) is 71.6 Å². The predicted octanol–water partition coefficient (Wildman–Crippen LogP) is -2.66. The minimum Gasteiger partial charge on any atom is -0.394 e. The second kappa shape index (κ2) is 29.4. The molecule has 33 nitrogen and oxygen atoms in total. The molecule has 15 N–H and O–H groups in total. The molecule has 6 amide bonds. The first kappa shape index (κ1) is 64.6. The summed E-state index contributed by atoms with van der Waals surface area (Å²) < 4.78 is 62.4. The monoisotopic (exact) mass is 1240 g/mol. The molecule has 3 heterocycles. The molecular weight excluding hydrogens is 1180 g/mol. The highest BCUT2D eigenvalue weighted by atomic mass is 79.9. The van der Waals surface area contributed by atoms with E-state index in [0.717, 1.165) is 22.8 Å². The van der Waals surface area contributed by atoms with Gasteiger partial charge >= 0.3 is 29.4 Å². The van der Waals surface area contributed by atoms with Crippen LogP contribution in [0.25, 0.3) is 11.2 Å². The Kier molecular flexibility index (Phi) is 24.6. The van der Waals surface area contributed by atoms with E-state index >= 15 is 0 Å². The minimum absolute atomic E-state index is 0.00506. The van der Waals surface area contributed by atoms with Crippen LogP contribution in [0.4, 0.5) is 11.5 Å². The molecule has 2 aromatic heterocycles. The molecule has 38 heteroatoms. The van der Waals surface area contributed by atoms with Gasteiger partial charge in [0, 0.05) is 55.9 Å². The van der Waals surface area contributed by atoms with Crippen molar-refractivity contribution in [1.29, 1.82) is 0 Å². The summed E-state index contributed by atoms with van der Waals surface area (Å²) in [5, 5.41) is 45.0. The number of anilines is 2. The van der Waals surface area contributed by atoms with Crippen molar-refractivity contribution >= 4 is 114 Å². The second-order valence-corrected chi connectivity index (χ2v) is 22.8. The third kappa shape index (κ3) is 21.0. The Balaban J connectivity index is 1.11. The number of hydrogen-bond donors (Lipinski definition) is 14. The number of phosphoric ester groups is 3. The van der Waals surface area contributed by atoms with Crippen LogP contribution in [0.15, 0.2) is 36.9 Å². The van der Waals surface area contributed by atoms with E-state index in [0.29, 0.717) is 18.2 Å². The standard InChI is InChI=1S/C39H57BrN11O22P3S/c1-39(2,18-70-76(67,68)73-75(65,66)69-17-24-30(72-74(62,63)64)29(56)37(71-24)51-20-48-28-32(41)46-19-47-33(28)51)31(57)35(59)45-12-8-25(53)43-13-14-77-38(61)36(60)49-22-5-3-21(4-6-22)7-10-44-34(58)23(16-52)50-26(54)9-11-42-27(55)15-40/h3-6,19-20,23-24,29-31,37,52,56-57H,7-18H2,1-2H3,(H,42,55)(H,43,53)(H,44,58)(H,45,59)(H,49,60)(H,50,54)(H,65,66)(H,67,68)(H2,41,46,47)(H2,62,63,64). The molecular formula is C39H57BrN11O22P3S. The normalized spacial score (nSPS) is 19.0. The molecule has 1 aromatic carbocycles. The number of carbonyl (C=O) groups excluding carboxylic acids is 7. The molecule has 0 spiro atoms. The zero-order chi connectivity index (χ0) is 57.3. The number of nitrogens with two attached hydrogens (primary N) is 1. The van der Waals surface area contributed by atoms with Crippen LogP contribution in [0.5, 0.6) is 0 Å². The van der Waals surface area contributed by atoms with Crippen LogP contribution in [0, 0.1) is 5.41 Å². The number of aliphatic hydroxyl groups is 3. The number of phosphoric acid groups is 3. The van der Waals surface area contributed by atoms with Crippen LogP contribution >= 0.6 is 51.2 Å². The fourth-order valence-corrected chi connectivity index (χ4v) is 10.2. The molecule has 8 atom stereocenters. The Morgan fingerprint density at radius 3 is 2.17 bits per heavy atom. The van der Waals surface area contributed by atoms with E-state index in [9.17, 15) is 82.2 Å². The van der Waals surface area contributed by atoms with E-state index in [1.54, 1.807) is 12.1 Å². The van der Waals surface area contributed by atoms with Crippen molar-refractivity contribution in [2.45, 2.75) is 69.8 Å². The maximum absolute atomic E-state index is 12.8. The van der Waals surface area contributed by atoms with Crippen molar-refractivity contribution in [3.63, 3.8) is 0 Å². The molecule has 428 valence electrons. The number of alkyl halides is 1. The van der Waals surface area contributed by atoms with Crippen LogP contribution in [0.2, 0.25) is 0 Å². The molecule has 0 bridgehead atoms. The molecule has 1 fully saturated rings. The van der Waals surface area contributed by atoms with Crippen molar-refractivity contribution in [3.05, 3.63) is 42.5 Å². The summed E-state index contributed by atoms with van der Waals surface area (Å²) in [7, 11) is -16.6. The number of aliphatic hydroxyl groups excluding tert-OH is 3. The smallest absolute Gasteiger partial charge is 0.394 e. The van der Waals surface area contributed by atoms with E-state index in [1.165, 1.54) is 26.0 Å². The van der Waals surface area contributed by atoms with Gasteiger partial charge in [-0.05, 0) is 24.1 Å². The number of benzene rings is 1. The lowest BCUT2D eigenvalue weighted by Crippen LogP contribution is -2.49. The number of thioether (sulfide) groups is 1. The number of ether oxygens (including phenoxy) is 1. The van der Waals surface area contributed by atoms with Crippen LogP contribution < -0.4 is 37.6 Å². The third-order valence-corrected chi connectivity index (χ3v) is 14.9. The highest BCUT2D eigenvalue weighted by molar-refractivity contribution is 9.09. The van der Waals surface area contributed by atoms with Gasteiger partial charge in [0.05, 0.1) is 31.5 Å². The van der Waals surface area contributed by atoms with E-state index in [4.69, 9.17) is 19.5 Å². The number of aromatic nitrogens is 4. The van der Waals surface area contributed by atoms with Gasteiger partial charge in [0.15, 0.2) is 17.7 Å². The summed E-state index contributed by atoms with van der Waals surface area (Å²) in [6, 6.07) is 5.13. The molecule has 4 rings (SSSR count). The summed E-state index contributed by atoms with van der Waals surface area (Å²) in [5.41, 5.74) is 5.17. The van der Waals surface area contributed by atoms with Crippen LogP contribution in [0.1, 0.15) is 38.5 Å². The number of hydrogen-bond acceptors (Lipinski definition) is 23. The number of nitrogen functional groups attached to an aromatic ring is 1. The summed E-state index contributed by atoms with van der Waals surface area (Å²) in [4.78, 5) is 137. The first-order valence-corrected chi connectivity index (χ1v) is 29.1. The molecule has 3 aromatic rings. The lowest BCUT2D eigenvalue weighted by atomic mass is 9.87. The van der Waals surface area contributed by atoms with Crippen molar-refractivity contribution in [1.82, 2.24) is 46.1 Å². The van der Waals surface area contributed by atoms with Gasteiger partial charge in [-0.15, -0.1) is 0 Å². The Morgan fingerprint density at radius 1 is 0.870 bits per heavy atom. The first-order valence-electron chi connectivity index (χ1n) is 22.5. The van der Waals surface area contributed by atoms with Gasteiger partial charge < -0.3 is 77.3 Å². The number of imidazole rings is 1. The molecule has 1 aliphatic heterocycles. The molecule has 0 saturated carbocycles. The molecule has 1 aliphatic rings. The highest BCUT2D eigenvalue weighted by Gasteiger charge is 2.50. The number of nitrogens with zero attached hydrogens (tertiary/aromatic N) is 4. The van der Waals surface area contributed by atoms with Crippen LogP contribution in [0.3, 0.4) is 0 Å². The summed E-state index contributed by atoms with van der Waals surface area (Å²) in [6.45, 7) is -0.562. The Morgan fingerprint density at radius 2 is 1.51 bits per heavy atom. The van der Waals surface area contributed by atoms with Crippen molar-refractivity contribution in [3.8, 4) is 0 Å². The average Bonchev–Trinajstić information content (AvgIpc) is 3.93. The number of amides is 6. The van der Waals surface area contributed by atoms with Crippen molar-refractivity contribution < 1.29 is 105 Å². The van der Waals surface area contributed by atoms with Gasteiger partial charge in [-0.1, -0.05) is 53.7 Å². The number of fused-ring (bicyclic) bond motifs is 1. The van der Waals surface area contributed by atoms with Gasteiger partial charge in [0.1, 0.15) is 42.3 Å². The van der Waals surface area contributed by atoms with Gasteiger partial charge in [-0.2, -0.15) is 4.31 Å². The molecule has 8 unspecified atom stereocenters. The maximum Gasteiger partial charge on any atom is 0.481 e. The minimum atomic E-state index is -5.63. The number of rotatable bonds is 30. The molecule has 0 aliphatic carbocycles. The average molecular weight is 1240 g/mol. The van der Waals surface area contributed by atoms with Gasteiger partial charge in [0.2, 0.25) is 29.5 Å². The summed E-state index contributed by atoms with van der Waals surface area (Å²) in [5.74, 6) is -4.16. The quantitative estimate of drug-likeness (QED) is 0.0140. The van der Waals surface area contributed by atoms with E-state index in [-0.39, 0.29) is 78.7 Å². The van der Waals surface area contributed by atoms with Crippen LogP contribution in [-0.4, -0.2) is 183 Å². The SMILES string of the molecule is CC(C)(COP(=O)(O)OP(=O)(O)OCC1OC(n2cnc3c(N)ncnc32)C(O)C1OP(=O)(O)O)C(O)C(=O)NCCC(=O)NCCSC(=O)C(=O)Nc1ccc(CCNC(=O)C(CO)NC(=O)CCNC(=O)CBr)cc1. The van der Waals surface area contributed by atoms with Crippen molar-refractivity contribution in [2.24, 2.45) is 5.41 Å². The zero-order valence-corrected chi connectivity index (χ0v) is 45.7.